The van der Waals surface area contributed by atoms with Crippen LogP contribution in [0.1, 0.15) is 18.5 Å². The molecule has 2 heterocycles. The standard InChI is InChI=1S/C14H20N4/c1-17(10-7-15)14-6-4-9-18(12-14)11-13-5-2-3-8-16-13/h2-3,5,8,14H,4,6,9-12H2,1H3. The first-order valence-electron chi connectivity index (χ1n) is 6.49. The molecule has 0 aromatic carbocycles. The van der Waals surface area contributed by atoms with Crippen molar-refractivity contribution in [1.29, 1.82) is 5.26 Å². The van der Waals surface area contributed by atoms with Crippen LogP contribution in [0.2, 0.25) is 0 Å². The van der Waals surface area contributed by atoms with E-state index in [1.807, 2.05) is 25.4 Å². The lowest BCUT2D eigenvalue weighted by atomic mass is 10.0. The Hall–Kier alpha value is -1.44. The van der Waals surface area contributed by atoms with Gasteiger partial charge in [-0.1, -0.05) is 6.07 Å². The van der Waals surface area contributed by atoms with Crippen molar-refractivity contribution in [1.82, 2.24) is 14.8 Å². The Kier molecular flexibility index (Phi) is 4.68. The van der Waals surface area contributed by atoms with Crippen LogP contribution in [-0.2, 0) is 6.54 Å². The molecule has 0 amide bonds. The minimum atomic E-state index is 0.502. The molecule has 1 aromatic rings. The van der Waals surface area contributed by atoms with Crippen LogP contribution in [0.15, 0.2) is 24.4 Å². The summed E-state index contributed by atoms with van der Waals surface area (Å²) in [5.74, 6) is 0. The Balaban J connectivity index is 1.89. The van der Waals surface area contributed by atoms with Crippen LogP contribution in [-0.4, -0.2) is 47.5 Å². The van der Waals surface area contributed by atoms with Gasteiger partial charge < -0.3 is 0 Å². The third-order valence-electron chi connectivity index (χ3n) is 3.54. The van der Waals surface area contributed by atoms with E-state index in [1.54, 1.807) is 0 Å². The fourth-order valence-corrected chi connectivity index (χ4v) is 2.50. The predicted octanol–water partition coefficient (Wildman–Crippen LogP) is 1.50. The topological polar surface area (TPSA) is 43.2 Å². The van der Waals surface area contributed by atoms with Gasteiger partial charge in [0, 0.05) is 25.3 Å². The van der Waals surface area contributed by atoms with E-state index in [2.05, 4.69) is 26.9 Å². The maximum atomic E-state index is 8.75. The molecule has 18 heavy (non-hydrogen) atoms. The normalized spacial score (nSPS) is 20.8. The molecular weight excluding hydrogens is 224 g/mol. The molecule has 0 spiro atoms. The number of pyridine rings is 1. The molecule has 0 radical (unpaired) electrons. The molecule has 0 aliphatic carbocycles. The maximum absolute atomic E-state index is 8.75. The van der Waals surface area contributed by atoms with Gasteiger partial charge in [0.15, 0.2) is 0 Å². The SMILES string of the molecule is CN(CC#N)C1CCCN(Cc2ccccn2)C1. The van der Waals surface area contributed by atoms with Crippen molar-refractivity contribution in [2.75, 3.05) is 26.7 Å². The minimum Gasteiger partial charge on any atom is -0.296 e. The molecule has 4 nitrogen and oxygen atoms in total. The Labute approximate surface area is 109 Å². The van der Waals surface area contributed by atoms with Crippen molar-refractivity contribution in [3.8, 4) is 6.07 Å². The summed E-state index contributed by atoms with van der Waals surface area (Å²) in [6.45, 7) is 3.60. The van der Waals surface area contributed by atoms with Gasteiger partial charge in [-0.05, 0) is 38.6 Å². The molecule has 2 rings (SSSR count). The lowest BCUT2D eigenvalue weighted by Gasteiger charge is -2.36. The Morgan fingerprint density at radius 1 is 1.56 bits per heavy atom. The second-order valence-corrected chi connectivity index (χ2v) is 4.93. The summed E-state index contributed by atoms with van der Waals surface area (Å²) in [4.78, 5) is 8.96. The molecule has 1 aromatic heterocycles. The van der Waals surface area contributed by atoms with Gasteiger partial charge in [0.1, 0.15) is 0 Å². The Bertz CT molecular complexity index is 398. The number of aromatic nitrogens is 1. The van der Waals surface area contributed by atoms with E-state index in [-0.39, 0.29) is 0 Å². The molecule has 4 heteroatoms. The summed E-state index contributed by atoms with van der Waals surface area (Å²) < 4.78 is 0. The van der Waals surface area contributed by atoms with Crippen LogP contribution in [0.25, 0.3) is 0 Å². The van der Waals surface area contributed by atoms with Crippen LogP contribution < -0.4 is 0 Å². The van der Waals surface area contributed by atoms with E-state index in [1.165, 1.54) is 12.8 Å². The second-order valence-electron chi connectivity index (χ2n) is 4.93. The fraction of sp³-hybridized carbons (Fsp3) is 0.571. The third kappa shape index (κ3) is 3.52. The van der Waals surface area contributed by atoms with Crippen LogP contribution in [0.4, 0.5) is 0 Å². The Morgan fingerprint density at radius 2 is 2.44 bits per heavy atom. The molecule has 1 saturated heterocycles. The first-order chi connectivity index (χ1) is 8.79. The summed E-state index contributed by atoms with van der Waals surface area (Å²) in [6.07, 6.45) is 4.24. The molecule has 0 N–H and O–H groups in total. The highest BCUT2D eigenvalue weighted by Crippen LogP contribution is 2.16. The first kappa shape index (κ1) is 13.0. The van der Waals surface area contributed by atoms with Gasteiger partial charge in [0.05, 0.1) is 18.3 Å². The van der Waals surface area contributed by atoms with Gasteiger partial charge in [-0.2, -0.15) is 5.26 Å². The van der Waals surface area contributed by atoms with Gasteiger partial charge in [-0.25, -0.2) is 0 Å². The number of nitriles is 1. The zero-order chi connectivity index (χ0) is 12.8. The number of likely N-dealkylation sites (tertiary alicyclic amines) is 1. The minimum absolute atomic E-state index is 0.502. The van der Waals surface area contributed by atoms with E-state index in [4.69, 9.17) is 5.26 Å². The van der Waals surface area contributed by atoms with E-state index in [9.17, 15) is 0 Å². The zero-order valence-corrected chi connectivity index (χ0v) is 10.9. The average molecular weight is 244 g/mol. The van der Waals surface area contributed by atoms with Crippen molar-refractivity contribution in [2.24, 2.45) is 0 Å². The molecule has 0 saturated carbocycles. The van der Waals surface area contributed by atoms with Crippen LogP contribution in [0.5, 0.6) is 0 Å². The van der Waals surface area contributed by atoms with Gasteiger partial charge in [0.25, 0.3) is 0 Å². The zero-order valence-electron chi connectivity index (χ0n) is 10.9. The van der Waals surface area contributed by atoms with Crippen molar-refractivity contribution < 1.29 is 0 Å². The molecule has 1 fully saturated rings. The fourth-order valence-electron chi connectivity index (χ4n) is 2.50. The number of rotatable bonds is 4. The number of hydrogen-bond donors (Lipinski definition) is 0. The number of piperidine rings is 1. The molecule has 96 valence electrons. The van der Waals surface area contributed by atoms with E-state index < -0.39 is 0 Å². The van der Waals surface area contributed by atoms with Crippen molar-refractivity contribution in [2.45, 2.75) is 25.4 Å². The highest BCUT2D eigenvalue weighted by Gasteiger charge is 2.23. The third-order valence-corrected chi connectivity index (χ3v) is 3.54. The average Bonchev–Trinajstić information content (AvgIpc) is 2.40. The van der Waals surface area contributed by atoms with Crippen LogP contribution >= 0.6 is 0 Å². The smallest absolute Gasteiger partial charge is 0.0866 e. The van der Waals surface area contributed by atoms with E-state index in [0.717, 1.165) is 25.3 Å². The molecular formula is C14H20N4. The summed E-state index contributed by atoms with van der Waals surface area (Å²) in [5, 5.41) is 8.75. The quantitative estimate of drug-likeness (QED) is 0.753. The van der Waals surface area contributed by atoms with Gasteiger partial charge >= 0.3 is 0 Å². The molecule has 1 unspecified atom stereocenters. The lowest BCUT2D eigenvalue weighted by Crippen LogP contribution is -2.46. The Morgan fingerprint density at radius 3 is 3.17 bits per heavy atom. The van der Waals surface area contributed by atoms with Gasteiger partial charge in [-0.15, -0.1) is 0 Å². The highest BCUT2D eigenvalue weighted by molar-refractivity contribution is 5.03. The van der Waals surface area contributed by atoms with Crippen molar-refractivity contribution in [3.05, 3.63) is 30.1 Å². The summed E-state index contributed by atoms with van der Waals surface area (Å²) >= 11 is 0. The number of nitrogens with zero attached hydrogens (tertiary/aromatic N) is 4. The van der Waals surface area contributed by atoms with Gasteiger partial charge in [-0.3, -0.25) is 14.8 Å². The maximum Gasteiger partial charge on any atom is 0.0866 e. The molecule has 0 bridgehead atoms. The molecule has 1 atom stereocenters. The van der Waals surface area contributed by atoms with E-state index in [0.29, 0.717) is 12.6 Å². The largest absolute Gasteiger partial charge is 0.296 e. The van der Waals surface area contributed by atoms with Crippen molar-refractivity contribution in [3.63, 3.8) is 0 Å². The predicted molar refractivity (Wildman–Crippen MR) is 70.8 cm³/mol. The monoisotopic (exact) mass is 244 g/mol. The van der Waals surface area contributed by atoms with E-state index >= 15 is 0 Å². The van der Waals surface area contributed by atoms with Gasteiger partial charge in [0.2, 0.25) is 0 Å². The lowest BCUT2D eigenvalue weighted by molar-refractivity contribution is 0.119. The first-order valence-corrected chi connectivity index (χ1v) is 6.49. The number of likely N-dealkylation sites (N-methyl/N-ethyl adjacent to an activating group) is 1. The molecule has 1 aliphatic heterocycles. The van der Waals surface area contributed by atoms with Crippen LogP contribution in [0.3, 0.4) is 0 Å². The summed E-state index contributed by atoms with van der Waals surface area (Å²) in [7, 11) is 2.04. The summed E-state index contributed by atoms with van der Waals surface area (Å²) in [5.41, 5.74) is 1.13. The highest BCUT2D eigenvalue weighted by atomic mass is 15.2. The number of hydrogen-bond acceptors (Lipinski definition) is 4. The second kappa shape index (κ2) is 6.48. The van der Waals surface area contributed by atoms with Crippen molar-refractivity contribution >= 4 is 0 Å². The molecule has 1 aliphatic rings. The van der Waals surface area contributed by atoms with Crippen LogP contribution in [0, 0.1) is 11.3 Å². The summed E-state index contributed by atoms with van der Waals surface area (Å²) in [6, 6.07) is 8.78.